The molecule has 3 aromatic heterocycles. The van der Waals surface area contributed by atoms with Crippen LogP contribution in [-0.2, 0) is 4.74 Å². The number of likely N-dealkylation sites (tertiary alicyclic amines) is 1. The van der Waals surface area contributed by atoms with Crippen LogP contribution in [-0.4, -0.2) is 82.1 Å². The predicted molar refractivity (Wildman–Crippen MR) is 115 cm³/mol. The highest BCUT2D eigenvalue weighted by Gasteiger charge is 2.20. The highest BCUT2D eigenvalue weighted by atomic mass is 16.5. The van der Waals surface area contributed by atoms with Crippen LogP contribution >= 0.6 is 0 Å². The minimum atomic E-state index is 0.114. The number of hydrogen-bond acceptors (Lipinski definition) is 8. The molecule has 0 radical (unpaired) electrons. The third-order valence-electron chi connectivity index (χ3n) is 5.92. The first kappa shape index (κ1) is 19.3. The van der Waals surface area contributed by atoms with Gasteiger partial charge in [0, 0.05) is 43.8 Å². The zero-order valence-electron chi connectivity index (χ0n) is 17.3. The van der Waals surface area contributed by atoms with Crippen LogP contribution in [0.1, 0.15) is 18.9 Å². The summed E-state index contributed by atoms with van der Waals surface area (Å²) in [6.45, 7) is 5.35. The Morgan fingerprint density at radius 1 is 1.23 bits per heavy atom. The van der Waals surface area contributed by atoms with E-state index in [-0.39, 0.29) is 6.10 Å². The van der Waals surface area contributed by atoms with Gasteiger partial charge in [-0.05, 0) is 39.0 Å². The summed E-state index contributed by atoms with van der Waals surface area (Å²) >= 11 is 0. The molecule has 5 heterocycles. The van der Waals surface area contributed by atoms with Crippen LogP contribution in [0, 0.1) is 0 Å². The Morgan fingerprint density at radius 2 is 2.10 bits per heavy atom. The van der Waals surface area contributed by atoms with E-state index in [2.05, 4.69) is 48.5 Å². The molecule has 0 aromatic carbocycles. The first-order chi connectivity index (χ1) is 14.8. The van der Waals surface area contributed by atoms with Crippen LogP contribution < -0.4 is 10.6 Å². The lowest BCUT2D eigenvalue weighted by molar-refractivity contribution is 0.0372. The molecule has 1 unspecified atom stereocenters. The minimum absolute atomic E-state index is 0.114. The van der Waals surface area contributed by atoms with Gasteiger partial charge in [0.15, 0.2) is 5.82 Å². The molecule has 2 aliphatic rings. The maximum absolute atomic E-state index is 5.80. The van der Waals surface area contributed by atoms with E-state index in [1.165, 1.54) is 0 Å². The number of aromatic nitrogens is 5. The first-order valence-electron chi connectivity index (χ1n) is 10.7. The zero-order chi connectivity index (χ0) is 20.3. The Kier molecular flexibility index (Phi) is 5.56. The van der Waals surface area contributed by atoms with Gasteiger partial charge in [-0.25, -0.2) is 9.97 Å². The number of pyridine rings is 1. The number of fused-ring (bicyclic) bond motifs is 1. The number of rotatable bonds is 5. The lowest BCUT2D eigenvalue weighted by atomic mass is 10.1. The van der Waals surface area contributed by atoms with Crippen molar-refractivity contribution in [2.45, 2.75) is 25.0 Å². The fourth-order valence-electron chi connectivity index (χ4n) is 4.13. The summed E-state index contributed by atoms with van der Waals surface area (Å²) in [6.07, 6.45) is 9.78. The molecular formula is C21H28N8O. The van der Waals surface area contributed by atoms with Gasteiger partial charge >= 0.3 is 0 Å². The molecule has 9 heteroatoms. The van der Waals surface area contributed by atoms with Crippen LogP contribution in [0.2, 0.25) is 0 Å². The molecule has 2 aliphatic heterocycles. The standard InChI is InChI=1S/C21H28N8O/c1-28-7-2-16(3-8-28)29-14-15(11-26-29)18-10-19-20(24-5-4-23-19)21(27-18)25-13-17-12-22-6-9-30-17/h4-5,10-11,14,16-17,22H,2-3,6-9,12-13H2,1H3,(H,25,27). The number of piperidine rings is 1. The number of anilines is 1. The number of hydrogen-bond donors (Lipinski definition) is 2. The lowest BCUT2D eigenvalue weighted by Gasteiger charge is -2.28. The quantitative estimate of drug-likeness (QED) is 0.657. The van der Waals surface area contributed by atoms with E-state index in [1.807, 2.05) is 12.3 Å². The van der Waals surface area contributed by atoms with E-state index in [9.17, 15) is 0 Å². The van der Waals surface area contributed by atoms with Crippen LogP contribution in [0.3, 0.4) is 0 Å². The smallest absolute Gasteiger partial charge is 0.154 e. The third-order valence-corrected chi connectivity index (χ3v) is 5.92. The van der Waals surface area contributed by atoms with Crippen LogP contribution in [0.4, 0.5) is 5.82 Å². The molecule has 1 atom stereocenters. The summed E-state index contributed by atoms with van der Waals surface area (Å²) in [5, 5.41) is 11.4. The van der Waals surface area contributed by atoms with Crippen LogP contribution in [0.15, 0.2) is 30.9 Å². The molecule has 158 valence electrons. The molecule has 0 amide bonds. The van der Waals surface area contributed by atoms with Gasteiger partial charge < -0.3 is 20.3 Å². The van der Waals surface area contributed by atoms with Gasteiger partial charge in [-0.3, -0.25) is 9.67 Å². The fraction of sp³-hybridized carbons (Fsp3) is 0.524. The molecule has 0 saturated carbocycles. The van der Waals surface area contributed by atoms with Gasteiger partial charge in [0.25, 0.3) is 0 Å². The predicted octanol–water partition coefficient (Wildman–Crippen LogP) is 1.56. The number of ether oxygens (including phenoxy) is 1. The number of nitrogens with one attached hydrogen (secondary N) is 2. The number of morpholine rings is 1. The molecule has 2 fully saturated rings. The first-order valence-corrected chi connectivity index (χ1v) is 10.7. The van der Waals surface area contributed by atoms with Gasteiger partial charge in [-0.1, -0.05) is 0 Å². The number of nitrogens with zero attached hydrogens (tertiary/aromatic N) is 6. The molecule has 0 bridgehead atoms. The minimum Gasteiger partial charge on any atom is -0.374 e. The second-order valence-corrected chi connectivity index (χ2v) is 8.10. The van der Waals surface area contributed by atoms with Crippen molar-refractivity contribution in [2.75, 3.05) is 51.7 Å². The monoisotopic (exact) mass is 408 g/mol. The van der Waals surface area contributed by atoms with Crippen LogP contribution in [0.25, 0.3) is 22.3 Å². The lowest BCUT2D eigenvalue weighted by Crippen LogP contribution is -2.42. The van der Waals surface area contributed by atoms with E-state index in [1.54, 1.807) is 12.4 Å². The van der Waals surface area contributed by atoms with Gasteiger partial charge in [0.05, 0.1) is 36.2 Å². The average molecular weight is 409 g/mol. The van der Waals surface area contributed by atoms with Gasteiger partial charge in [-0.15, -0.1) is 0 Å². The summed E-state index contributed by atoms with van der Waals surface area (Å²) in [5.41, 5.74) is 3.44. The second-order valence-electron chi connectivity index (χ2n) is 8.10. The highest BCUT2D eigenvalue weighted by molar-refractivity contribution is 5.88. The van der Waals surface area contributed by atoms with Crippen molar-refractivity contribution in [1.82, 2.24) is 34.9 Å². The van der Waals surface area contributed by atoms with E-state index in [4.69, 9.17) is 9.72 Å². The molecule has 30 heavy (non-hydrogen) atoms. The summed E-state index contributed by atoms with van der Waals surface area (Å²) in [5.74, 6) is 0.733. The molecule has 5 rings (SSSR count). The molecule has 2 saturated heterocycles. The van der Waals surface area contributed by atoms with Crippen molar-refractivity contribution in [1.29, 1.82) is 0 Å². The maximum atomic E-state index is 5.80. The van der Waals surface area contributed by atoms with Crippen molar-refractivity contribution < 1.29 is 4.74 Å². The van der Waals surface area contributed by atoms with Gasteiger partial charge in [0.2, 0.25) is 0 Å². The normalized spacial score (nSPS) is 21.2. The Balaban J connectivity index is 1.40. The largest absolute Gasteiger partial charge is 0.374 e. The fourth-order valence-corrected chi connectivity index (χ4v) is 4.13. The molecule has 3 aromatic rings. The molecule has 2 N–H and O–H groups in total. The summed E-state index contributed by atoms with van der Waals surface area (Å²) < 4.78 is 7.90. The molecular weight excluding hydrogens is 380 g/mol. The van der Waals surface area contributed by atoms with E-state index in [0.717, 1.165) is 73.7 Å². The third kappa shape index (κ3) is 4.14. The van der Waals surface area contributed by atoms with Crippen molar-refractivity contribution in [3.05, 3.63) is 30.9 Å². The second kappa shape index (κ2) is 8.63. The van der Waals surface area contributed by atoms with Crippen molar-refractivity contribution in [3.63, 3.8) is 0 Å². The van der Waals surface area contributed by atoms with Crippen molar-refractivity contribution in [2.24, 2.45) is 0 Å². The zero-order valence-corrected chi connectivity index (χ0v) is 17.3. The summed E-state index contributed by atoms with van der Waals surface area (Å²) in [6, 6.07) is 2.44. The molecule has 9 nitrogen and oxygen atoms in total. The molecule has 0 aliphatic carbocycles. The average Bonchev–Trinajstić information content (AvgIpc) is 3.29. The highest BCUT2D eigenvalue weighted by Crippen LogP contribution is 2.27. The Labute approximate surface area is 175 Å². The SMILES string of the molecule is CN1CCC(n2cc(-c3cc4nccnc4c(NCC4CNCCO4)n3)cn2)CC1. The van der Waals surface area contributed by atoms with Crippen molar-refractivity contribution >= 4 is 16.9 Å². The Morgan fingerprint density at radius 3 is 2.93 bits per heavy atom. The van der Waals surface area contributed by atoms with Crippen molar-refractivity contribution in [3.8, 4) is 11.3 Å². The van der Waals surface area contributed by atoms with Gasteiger partial charge in [0.1, 0.15) is 5.52 Å². The maximum Gasteiger partial charge on any atom is 0.154 e. The van der Waals surface area contributed by atoms with E-state index >= 15 is 0 Å². The topological polar surface area (TPSA) is 93.0 Å². The molecule has 0 spiro atoms. The van der Waals surface area contributed by atoms with Crippen LogP contribution in [0.5, 0.6) is 0 Å². The van der Waals surface area contributed by atoms with Gasteiger partial charge in [-0.2, -0.15) is 5.10 Å². The Bertz CT molecular complexity index is 992. The van der Waals surface area contributed by atoms with E-state index in [0.29, 0.717) is 12.6 Å². The summed E-state index contributed by atoms with van der Waals surface area (Å²) in [7, 11) is 2.17. The Hall–Kier alpha value is -2.62. The van der Waals surface area contributed by atoms with E-state index < -0.39 is 0 Å². The summed E-state index contributed by atoms with van der Waals surface area (Å²) in [4.78, 5) is 16.2.